The molecule has 0 unspecified atom stereocenters. The predicted molar refractivity (Wildman–Crippen MR) is 74.8 cm³/mol. The standard InChI is InChI=1S/C15H18FN3O/c1-2-3-14(19-6-4-18-5-7-19)12-8-11(10-17)9-13(16)15(12)20/h2,8-9,14,18,20H,1,3-7H2/t14-/m0/s1. The number of nitriles is 1. The lowest BCUT2D eigenvalue weighted by molar-refractivity contribution is 0.171. The fraction of sp³-hybridized carbons (Fsp3) is 0.400. The van der Waals surface area contributed by atoms with Crippen molar-refractivity contribution in [2.45, 2.75) is 12.5 Å². The Kier molecular flexibility index (Phi) is 4.72. The molecule has 106 valence electrons. The van der Waals surface area contributed by atoms with Crippen molar-refractivity contribution in [1.29, 1.82) is 5.26 Å². The number of phenols is 1. The summed E-state index contributed by atoms with van der Waals surface area (Å²) >= 11 is 0. The molecule has 0 aromatic heterocycles. The molecule has 20 heavy (non-hydrogen) atoms. The summed E-state index contributed by atoms with van der Waals surface area (Å²) in [4.78, 5) is 2.17. The van der Waals surface area contributed by atoms with Crippen LogP contribution in [0.15, 0.2) is 24.8 Å². The van der Waals surface area contributed by atoms with E-state index in [1.165, 1.54) is 0 Å². The van der Waals surface area contributed by atoms with Crippen LogP contribution in [0.4, 0.5) is 4.39 Å². The highest BCUT2D eigenvalue weighted by molar-refractivity contribution is 5.44. The van der Waals surface area contributed by atoms with Crippen molar-refractivity contribution in [2.75, 3.05) is 26.2 Å². The zero-order valence-electron chi connectivity index (χ0n) is 11.3. The molecule has 1 atom stereocenters. The van der Waals surface area contributed by atoms with E-state index < -0.39 is 5.82 Å². The van der Waals surface area contributed by atoms with Gasteiger partial charge in [0.1, 0.15) is 0 Å². The van der Waals surface area contributed by atoms with Crippen molar-refractivity contribution in [3.05, 3.63) is 41.7 Å². The minimum atomic E-state index is -0.747. The summed E-state index contributed by atoms with van der Waals surface area (Å²) in [7, 11) is 0. The van der Waals surface area contributed by atoms with Crippen molar-refractivity contribution in [3.8, 4) is 11.8 Å². The third kappa shape index (κ3) is 2.98. The molecule has 4 nitrogen and oxygen atoms in total. The number of phenolic OH excluding ortho intramolecular Hbond substituents is 1. The first-order valence-electron chi connectivity index (χ1n) is 6.65. The zero-order valence-corrected chi connectivity index (χ0v) is 11.3. The van der Waals surface area contributed by atoms with Crippen molar-refractivity contribution in [2.24, 2.45) is 0 Å². The van der Waals surface area contributed by atoms with Gasteiger partial charge >= 0.3 is 0 Å². The van der Waals surface area contributed by atoms with Crippen molar-refractivity contribution in [3.63, 3.8) is 0 Å². The average Bonchev–Trinajstić information content (AvgIpc) is 2.48. The van der Waals surface area contributed by atoms with Crippen LogP contribution in [0, 0.1) is 17.1 Å². The molecular weight excluding hydrogens is 257 g/mol. The average molecular weight is 275 g/mol. The van der Waals surface area contributed by atoms with Gasteiger partial charge in [0.2, 0.25) is 0 Å². The third-order valence-corrected chi connectivity index (χ3v) is 3.56. The molecule has 1 aromatic carbocycles. The lowest BCUT2D eigenvalue weighted by Crippen LogP contribution is -2.45. The lowest BCUT2D eigenvalue weighted by Gasteiger charge is -2.35. The van der Waals surface area contributed by atoms with Gasteiger partial charge in [-0.25, -0.2) is 4.39 Å². The highest BCUT2D eigenvalue weighted by atomic mass is 19.1. The molecule has 1 fully saturated rings. The van der Waals surface area contributed by atoms with Crippen LogP contribution >= 0.6 is 0 Å². The van der Waals surface area contributed by atoms with Crippen LogP contribution in [-0.2, 0) is 0 Å². The summed E-state index contributed by atoms with van der Waals surface area (Å²) in [5.74, 6) is -1.11. The number of benzene rings is 1. The van der Waals surface area contributed by atoms with E-state index in [-0.39, 0.29) is 17.4 Å². The SMILES string of the molecule is C=CC[C@@H](c1cc(C#N)cc(F)c1O)N1CCNCC1. The molecule has 1 heterocycles. The molecule has 5 heteroatoms. The monoisotopic (exact) mass is 275 g/mol. The predicted octanol–water partition coefficient (Wildman–Crippen LogP) is 1.93. The number of halogens is 1. The second-order valence-electron chi connectivity index (χ2n) is 4.83. The molecule has 0 saturated carbocycles. The second kappa shape index (κ2) is 6.51. The first-order valence-corrected chi connectivity index (χ1v) is 6.65. The molecule has 0 spiro atoms. The maximum absolute atomic E-state index is 13.7. The summed E-state index contributed by atoms with van der Waals surface area (Å²) in [5.41, 5.74) is 0.683. The van der Waals surface area contributed by atoms with E-state index in [4.69, 9.17) is 5.26 Å². The molecule has 2 rings (SSSR count). The van der Waals surface area contributed by atoms with Gasteiger partial charge in [-0.3, -0.25) is 4.90 Å². The molecule has 0 amide bonds. The van der Waals surface area contributed by atoms with Crippen LogP contribution in [0.25, 0.3) is 0 Å². The Morgan fingerprint density at radius 2 is 2.20 bits per heavy atom. The van der Waals surface area contributed by atoms with E-state index >= 15 is 0 Å². The maximum Gasteiger partial charge on any atom is 0.166 e. The van der Waals surface area contributed by atoms with Gasteiger partial charge in [-0.1, -0.05) is 6.08 Å². The minimum Gasteiger partial charge on any atom is -0.505 e. The lowest BCUT2D eigenvalue weighted by atomic mass is 9.98. The van der Waals surface area contributed by atoms with Crippen LogP contribution in [-0.4, -0.2) is 36.2 Å². The Morgan fingerprint density at radius 3 is 2.80 bits per heavy atom. The molecule has 0 aliphatic carbocycles. The molecule has 1 aliphatic heterocycles. The molecule has 0 bridgehead atoms. The summed E-state index contributed by atoms with van der Waals surface area (Å²) < 4.78 is 13.7. The van der Waals surface area contributed by atoms with Gasteiger partial charge in [0.25, 0.3) is 0 Å². The summed E-state index contributed by atoms with van der Waals surface area (Å²) in [6, 6.07) is 4.39. The molecule has 1 aliphatic rings. The van der Waals surface area contributed by atoms with E-state index in [1.54, 1.807) is 12.1 Å². The van der Waals surface area contributed by atoms with Gasteiger partial charge in [0, 0.05) is 37.8 Å². The Morgan fingerprint density at radius 1 is 1.50 bits per heavy atom. The smallest absolute Gasteiger partial charge is 0.166 e. The van der Waals surface area contributed by atoms with Gasteiger partial charge in [-0.15, -0.1) is 6.58 Å². The fourth-order valence-electron chi connectivity index (χ4n) is 2.56. The van der Waals surface area contributed by atoms with E-state index in [2.05, 4.69) is 16.8 Å². The molecular formula is C15H18FN3O. The zero-order chi connectivity index (χ0) is 14.5. The number of hydrogen-bond acceptors (Lipinski definition) is 4. The number of aromatic hydroxyl groups is 1. The largest absolute Gasteiger partial charge is 0.505 e. The Bertz CT molecular complexity index is 533. The second-order valence-corrected chi connectivity index (χ2v) is 4.83. The van der Waals surface area contributed by atoms with Crippen LogP contribution < -0.4 is 5.32 Å². The van der Waals surface area contributed by atoms with Gasteiger partial charge in [-0.2, -0.15) is 5.26 Å². The Balaban J connectivity index is 2.40. The van der Waals surface area contributed by atoms with Crippen molar-refractivity contribution < 1.29 is 9.50 Å². The number of nitrogens with zero attached hydrogens (tertiary/aromatic N) is 2. The number of piperazine rings is 1. The first-order chi connectivity index (χ1) is 9.67. The van der Waals surface area contributed by atoms with E-state index in [9.17, 15) is 9.50 Å². The van der Waals surface area contributed by atoms with Crippen molar-refractivity contribution >= 4 is 0 Å². The third-order valence-electron chi connectivity index (χ3n) is 3.56. The van der Waals surface area contributed by atoms with Gasteiger partial charge in [-0.05, 0) is 18.6 Å². The van der Waals surface area contributed by atoms with Gasteiger partial charge in [0.05, 0.1) is 11.6 Å². The highest BCUT2D eigenvalue weighted by Crippen LogP contribution is 2.34. The highest BCUT2D eigenvalue weighted by Gasteiger charge is 2.25. The van der Waals surface area contributed by atoms with Crippen LogP contribution in [0.3, 0.4) is 0 Å². The van der Waals surface area contributed by atoms with Gasteiger partial charge in [0.15, 0.2) is 11.6 Å². The topological polar surface area (TPSA) is 59.3 Å². The Labute approximate surface area is 118 Å². The molecule has 1 saturated heterocycles. The van der Waals surface area contributed by atoms with Crippen LogP contribution in [0.5, 0.6) is 5.75 Å². The van der Waals surface area contributed by atoms with Gasteiger partial charge < -0.3 is 10.4 Å². The maximum atomic E-state index is 13.7. The summed E-state index contributed by atoms with van der Waals surface area (Å²) in [5, 5.41) is 22.2. The molecule has 0 radical (unpaired) electrons. The molecule has 2 N–H and O–H groups in total. The number of nitrogens with one attached hydrogen (secondary N) is 1. The minimum absolute atomic E-state index is 0.155. The van der Waals surface area contributed by atoms with Crippen molar-refractivity contribution in [1.82, 2.24) is 10.2 Å². The quantitative estimate of drug-likeness (QED) is 0.824. The van der Waals surface area contributed by atoms with E-state index in [0.717, 1.165) is 32.2 Å². The fourth-order valence-corrected chi connectivity index (χ4v) is 2.56. The number of hydrogen-bond donors (Lipinski definition) is 2. The normalized spacial score (nSPS) is 17.4. The Hall–Kier alpha value is -1.90. The van der Waals surface area contributed by atoms with E-state index in [1.807, 2.05) is 6.07 Å². The van der Waals surface area contributed by atoms with Crippen LogP contribution in [0.2, 0.25) is 0 Å². The summed E-state index contributed by atoms with van der Waals surface area (Å²) in [6.07, 6.45) is 2.35. The summed E-state index contributed by atoms with van der Waals surface area (Å²) in [6.45, 7) is 7.08. The van der Waals surface area contributed by atoms with E-state index in [0.29, 0.717) is 12.0 Å². The first kappa shape index (κ1) is 14.5. The molecule has 1 aromatic rings. The van der Waals surface area contributed by atoms with Crippen LogP contribution in [0.1, 0.15) is 23.6 Å². The number of rotatable bonds is 4.